The van der Waals surface area contributed by atoms with E-state index in [1.165, 1.54) is 11.3 Å². The molecule has 0 spiro atoms. The van der Waals surface area contributed by atoms with Crippen LogP contribution in [0.25, 0.3) is 0 Å². The summed E-state index contributed by atoms with van der Waals surface area (Å²) in [5, 5.41) is 4.08. The molecule has 1 aromatic rings. The van der Waals surface area contributed by atoms with E-state index in [-0.39, 0.29) is 0 Å². The van der Waals surface area contributed by atoms with Crippen molar-refractivity contribution in [3.05, 3.63) is 29.8 Å². The second-order valence-corrected chi connectivity index (χ2v) is 6.30. The van der Waals surface area contributed by atoms with Crippen LogP contribution in [0.2, 0.25) is 0 Å². The highest BCUT2D eigenvalue weighted by molar-refractivity contribution is 7.80. The molecule has 122 valence electrons. The number of anilines is 1. The highest BCUT2D eigenvalue weighted by Crippen LogP contribution is 2.17. The molecule has 5 heteroatoms. The van der Waals surface area contributed by atoms with Crippen molar-refractivity contribution in [2.45, 2.75) is 32.4 Å². The van der Waals surface area contributed by atoms with Gasteiger partial charge < -0.3 is 19.9 Å². The molecule has 4 nitrogen and oxygen atoms in total. The fourth-order valence-corrected chi connectivity index (χ4v) is 2.92. The van der Waals surface area contributed by atoms with Crippen molar-refractivity contribution in [1.29, 1.82) is 0 Å². The molecule has 0 aliphatic carbocycles. The summed E-state index contributed by atoms with van der Waals surface area (Å²) in [6.07, 6.45) is 2.59. The van der Waals surface area contributed by atoms with Gasteiger partial charge in [-0.3, -0.25) is 0 Å². The summed E-state index contributed by atoms with van der Waals surface area (Å²) in [5.74, 6) is 0. The van der Waals surface area contributed by atoms with Crippen LogP contribution in [0.15, 0.2) is 24.3 Å². The highest BCUT2D eigenvalue weighted by atomic mass is 32.1. The van der Waals surface area contributed by atoms with Crippen LogP contribution < -0.4 is 10.2 Å². The molecule has 0 unspecified atom stereocenters. The minimum atomic E-state index is 0.303. The lowest BCUT2D eigenvalue weighted by molar-refractivity contribution is 0.0898. The molecule has 1 saturated heterocycles. The molecule has 1 fully saturated rings. The number of nitrogens with one attached hydrogen (secondary N) is 1. The third-order valence-electron chi connectivity index (χ3n) is 3.89. The molecule has 1 heterocycles. The van der Waals surface area contributed by atoms with Crippen LogP contribution in [0, 0.1) is 0 Å². The molecule has 22 heavy (non-hydrogen) atoms. The first-order valence-corrected chi connectivity index (χ1v) is 8.41. The Kier molecular flexibility index (Phi) is 6.46. The second kappa shape index (κ2) is 8.34. The van der Waals surface area contributed by atoms with Crippen molar-refractivity contribution >= 4 is 23.0 Å². The van der Waals surface area contributed by atoms with Crippen LogP contribution in [0.1, 0.15) is 25.3 Å². The zero-order valence-corrected chi connectivity index (χ0v) is 14.7. The Morgan fingerprint density at radius 2 is 2.05 bits per heavy atom. The lowest BCUT2D eigenvalue weighted by Crippen LogP contribution is -2.43. The molecule has 0 saturated carbocycles. The predicted octanol–water partition coefficient (Wildman–Crippen LogP) is 2.63. The topological polar surface area (TPSA) is 27.7 Å². The maximum absolute atomic E-state index is 5.76. The molecule has 1 aromatic carbocycles. The van der Waals surface area contributed by atoms with Crippen molar-refractivity contribution in [2.24, 2.45) is 0 Å². The van der Waals surface area contributed by atoms with Crippen LogP contribution in [-0.2, 0) is 11.3 Å². The first kappa shape index (κ1) is 17.0. The van der Waals surface area contributed by atoms with Gasteiger partial charge in [0.25, 0.3) is 0 Å². The van der Waals surface area contributed by atoms with E-state index in [4.69, 9.17) is 17.0 Å². The average molecular weight is 321 g/mol. The minimum absolute atomic E-state index is 0.303. The van der Waals surface area contributed by atoms with Gasteiger partial charge in [-0.2, -0.15) is 0 Å². The predicted molar refractivity (Wildman–Crippen MR) is 96.4 cm³/mol. The number of thiocarbonyl (C=S) groups is 1. The first-order chi connectivity index (χ1) is 10.6. The number of benzene rings is 1. The molecule has 1 N–H and O–H groups in total. The molecule has 1 aliphatic rings. The maximum atomic E-state index is 5.76. The Labute approximate surface area is 139 Å². The summed E-state index contributed by atoms with van der Waals surface area (Å²) in [7, 11) is 4.11. The smallest absolute Gasteiger partial charge is 0.169 e. The summed E-state index contributed by atoms with van der Waals surface area (Å²) in [4.78, 5) is 4.33. The highest BCUT2D eigenvalue weighted by Gasteiger charge is 2.20. The molecule has 1 aliphatic heterocycles. The summed E-state index contributed by atoms with van der Waals surface area (Å²) in [6, 6.07) is 8.64. The number of hydrogen-bond donors (Lipinski definition) is 1. The van der Waals surface area contributed by atoms with E-state index in [0.29, 0.717) is 6.10 Å². The van der Waals surface area contributed by atoms with Crippen molar-refractivity contribution in [2.75, 3.05) is 38.7 Å². The fraction of sp³-hybridized carbons (Fsp3) is 0.588. The molecule has 0 amide bonds. The lowest BCUT2D eigenvalue weighted by atomic mass is 10.1. The van der Waals surface area contributed by atoms with E-state index >= 15 is 0 Å². The number of nitrogens with zero attached hydrogens (tertiary/aromatic N) is 2. The molecule has 0 bridgehead atoms. The van der Waals surface area contributed by atoms with Crippen molar-refractivity contribution in [1.82, 2.24) is 10.2 Å². The van der Waals surface area contributed by atoms with Gasteiger partial charge in [0.1, 0.15) is 0 Å². The van der Waals surface area contributed by atoms with Gasteiger partial charge in [0, 0.05) is 46.0 Å². The zero-order valence-electron chi connectivity index (χ0n) is 13.8. The zero-order chi connectivity index (χ0) is 15.9. The summed E-state index contributed by atoms with van der Waals surface area (Å²) in [6.45, 7) is 5.48. The third kappa shape index (κ3) is 4.85. The van der Waals surface area contributed by atoms with Crippen molar-refractivity contribution in [3.63, 3.8) is 0 Å². The van der Waals surface area contributed by atoms with Gasteiger partial charge in [0.05, 0.1) is 6.10 Å². The third-order valence-corrected chi connectivity index (χ3v) is 4.29. The van der Waals surface area contributed by atoms with Gasteiger partial charge in [0.2, 0.25) is 0 Å². The molecule has 0 radical (unpaired) electrons. The molecule has 0 aromatic heterocycles. The standard InChI is InChI=1S/C17H27N3OS/c1-4-18-17(22)20(13-16-6-5-11-21-16)12-14-7-9-15(10-8-14)19(2)3/h7-10,16H,4-6,11-13H2,1-3H3,(H,18,22)/t16-/m0/s1. The Morgan fingerprint density at radius 1 is 1.32 bits per heavy atom. The second-order valence-electron chi connectivity index (χ2n) is 5.91. The van der Waals surface area contributed by atoms with Gasteiger partial charge in [-0.1, -0.05) is 12.1 Å². The Hall–Kier alpha value is -1.33. The van der Waals surface area contributed by atoms with Gasteiger partial charge in [-0.05, 0) is 49.7 Å². The van der Waals surface area contributed by atoms with Crippen LogP contribution in [-0.4, -0.2) is 49.9 Å². The van der Waals surface area contributed by atoms with E-state index < -0.39 is 0 Å². The van der Waals surface area contributed by atoms with E-state index in [2.05, 4.69) is 60.4 Å². The minimum Gasteiger partial charge on any atom is -0.378 e. The SMILES string of the molecule is CCNC(=S)N(Cc1ccc(N(C)C)cc1)C[C@@H]1CCCO1. The van der Waals surface area contributed by atoms with E-state index in [1.54, 1.807) is 0 Å². The number of ether oxygens (including phenoxy) is 1. The molecular formula is C17H27N3OS. The fourth-order valence-electron chi connectivity index (χ4n) is 2.64. The Balaban J connectivity index is 2.02. The number of rotatable bonds is 6. The van der Waals surface area contributed by atoms with Crippen LogP contribution in [0.4, 0.5) is 5.69 Å². The Bertz CT molecular complexity index is 469. The van der Waals surface area contributed by atoms with Crippen LogP contribution in [0.3, 0.4) is 0 Å². The first-order valence-electron chi connectivity index (χ1n) is 8.00. The summed E-state index contributed by atoms with van der Waals surface area (Å²) in [5.41, 5.74) is 2.48. The maximum Gasteiger partial charge on any atom is 0.169 e. The lowest BCUT2D eigenvalue weighted by Gasteiger charge is -2.28. The van der Waals surface area contributed by atoms with Crippen molar-refractivity contribution in [3.8, 4) is 0 Å². The largest absolute Gasteiger partial charge is 0.378 e. The van der Waals surface area contributed by atoms with Crippen LogP contribution >= 0.6 is 12.2 Å². The summed E-state index contributed by atoms with van der Waals surface area (Å²) >= 11 is 5.53. The van der Waals surface area contributed by atoms with Crippen molar-refractivity contribution < 1.29 is 4.74 Å². The molecule has 1 atom stereocenters. The van der Waals surface area contributed by atoms with Gasteiger partial charge in [0.15, 0.2) is 5.11 Å². The summed E-state index contributed by atoms with van der Waals surface area (Å²) < 4.78 is 5.76. The average Bonchev–Trinajstić information content (AvgIpc) is 3.00. The number of hydrogen-bond acceptors (Lipinski definition) is 3. The quantitative estimate of drug-likeness (QED) is 0.813. The molecule has 2 rings (SSSR count). The molecular weight excluding hydrogens is 294 g/mol. The van der Waals surface area contributed by atoms with E-state index in [0.717, 1.165) is 44.2 Å². The van der Waals surface area contributed by atoms with E-state index in [1.807, 2.05) is 0 Å². The Morgan fingerprint density at radius 3 is 2.59 bits per heavy atom. The van der Waals surface area contributed by atoms with Gasteiger partial charge >= 0.3 is 0 Å². The van der Waals surface area contributed by atoms with Gasteiger partial charge in [-0.15, -0.1) is 0 Å². The van der Waals surface area contributed by atoms with Gasteiger partial charge in [-0.25, -0.2) is 0 Å². The van der Waals surface area contributed by atoms with E-state index in [9.17, 15) is 0 Å². The normalized spacial score (nSPS) is 17.3. The van der Waals surface area contributed by atoms with Crippen LogP contribution in [0.5, 0.6) is 0 Å². The monoisotopic (exact) mass is 321 g/mol.